The molecule has 0 bridgehead atoms. The highest BCUT2D eigenvalue weighted by Gasteiger charge is 2.45. The van der Waals surface area contributed by atoms with Crippen LogP contribution in [0.15, 0.2) is 132 Å². The van der Waals surface area contributed by atoms with Crippen molar-refractivity contribution < 1.29 is 9.59 Å². The second-order valence-corrected chi connectivity index (χ2v) is 32.6. The van der Waals surface area contributed by atoms with Crippen molar-refractivity contribution in [3.63, 3.8) is 0 Å². The standard InChI is InChI=1S/C76H94N8O2/c1-69(2,3)45-33-46(70(4,5)6)38-53(37-45)81-67(85)82(54-39-47(71(7,8)9)34-48(40-54)72(10,11)12)78-65(77-81)63-59-31-27-25-29-57(59)62-61(63)58-30-26-28-32-60(58)64(62)66-79-83(55-41-49(73(13,14)15)35-50(42-55)74(16,17)18)68(86)84(80-66)56-43-51(75(19,20)21)36-52(44-56)76(22,23)24/h25-44H,1-24H3,(H,77,78)(H,79,80). The van der Waals surface area contributed by atoms with E-state index in [9.17, 15) is 0 Å². The fourth-order valence-electron chi connectivity index (χ4n) is 11.5. The lowest BCUT2D eigenvalue weighted by atomic mass is 9.80. The van der Waals surface area contributed by atoms with Gasteiger partial charge in [-0.1, -0.05) is 239 Å². The molecule has 2 aliphatic heterocycles. The zero-order chi connectivity index (χ0) is 63.1. The number of benzene rings is 6. The Bertz CT molecular complexity index is 3520. The van der Waals surface area contributed by atoms with Crippen LogP contribution in [0.3, 0.4) is 0 Å². The van der Waals surface area contributed by atoms with E-state index in [1.807, 2.05) is 0 Å². The Hall–Kier alpha value is -7.72. The molecule has 0 saturated carbocycles. The number of nitrogens with one attached hydrogen (secondary N) is 2. The summed E-state index contributed by atoms with van der Waals surface area (Å²) < 4.78 is 0. The van der Waals surface area contributed by atoms with Crippen LogP contribution in [0.5, 0.6) is 0 Å². The molecule has 86 heavy (non-hydrogen) atoms. The van der Waals surface area contributed by atoms with Crippen molar-refractivity contribution >= 4 is 68.8 Å². The van der Waals surface area contributed by atoms with Gasteiger partial charge in [0.15, 0.2) is 11.7 Å². The third-order valence-corrected chi connectivity index (χ3v) is 17.3. The smallest absolute Gasteiger partial charge is 0.271 e. The molecule has 6 aromatic rings. The molecule has 0 aromatic heterocycles. The fourth-order valence-corrected chi connectivity index (χ4v) is 11.5. The van der Waals surface area contributed by atoms with E-state index in [0.29, 0.717) is 34.4 Å². The Kier molecular flexibility index (Phi) is 14.6. The zero-order valence-electron chi connectivity index (χ0n) is 56.0. The van der Waals surface area contributed by atoms with Crippen LogP contribution in [0.25, 0.3) is 22.3 Å². The molecule has 2 aliphatic carbocycles. The van der Waals surface area contributed by atoms with Crippen LogP contribution in [0.4, 0.5) is 32.3 Å². The highest BCUT2D eigenvalue weighted by atomic mass is 16.2. The maximum Gasteiger partial charge on any atom is 0.368 e. The summed E-state index contributed by atoms with van der Waals surface area (Å²) >= 11 is 0. The molecule has 10 heteroatoms. The van der Waals surface area contributed by atoms with Gasteiger partial charge < -0.3 is 0 Å². The predicted octanol–water partition coefficient (Wildman–Crippen LogP) is 19.1. The first-order valence-corrected chi connectivity index (χ1v) is 30.8. The lowest BCUT2D eigenvalue weighted by molar-refractivity contribution is 0.248. The van der Waals surface area contributed by atoms with Crippen LogP contribution < -0.4 is 30.9 Å². The number of rotatable bonds is 6. The van der Waals surface area contributed by atoms with Crippen LogP contribution in [-0.4, -0.2) is 23.7 Å². The average molecular weight is 1150 g/mol. The number of hydrazone groups is 2. The first kappa shape index (κ1) is 61.4. The number of carbonyl (C=O) groups is 2. The van der Waals surface area contributed by atoms with Gasteiger partial charge in [-0.15, -0.1) is 10.2 Å². The fraction of sp³-hybridized carbons (Fsp3) is 0.421. The Labute approximate surface area is 514 Å². The van der Waals surface area contributed by atoms with Crippen LogP contribution in [-0.2, 0) is 43.3 Å². The van der Waals surface area contributed by atoms with E-state index in [1.165, 1.54) is 0 Å². The minimum Gasteiger partial charge on any atom is -0.271 e. The van der Waals surface area contributed by atoms with E-state index < -0.39 is 0 Å². The average Bonchev–Trinajstić information content (AvgIpc) is 1.53. The van der Waals surface area contributed by atoms with Gasteiger partial charge in [0.2, 0.25) is 0 Å². The number of anilines is 4. The number of hydrazine groups is 2. The SMILES string of the molecule is CC(C)(C)c1cc(N2N=C(C3=C4C(=C(C5=NN(c6cc(C(C)(C)C)cc(C(C)(C)C)c6)C(=O)N(c6cc(C(C)(C)C)cc(C(C)(C)C)c6)N5)c5ccccc54)c4ccccc43)NN(c3cc(C(C)(C)C)cc(C(C)(C)C)c3)C2=O)cc(C(C)(C)C)c1. The summed E-state index contributed by atoms with van der Waals surface area (Å²) in [6.45, 7) is 53.2. The molecule has 0 saturated heterocycles. The number of allylic oxidation sites excluding steroid dienone is 2. The lowest BCUT2D eigenvalue weighted by Gasteiger charge is -2.37. The molecule has 0 unspecified atom stereocenters. The summed E-state index contributed by atoms with van der Waals surface area (Å²) in [5.74, 6) is 1.02. The van der Waals surface area contributed by atoms with E-state index in [1.54, 1.807) is 20.0 Å². The highest BCUT2D eigenvalue weighted by Crippen LogP contribution is 2.57. The van der Waals surface area contributed by atoms with E-state index in [-0.39, 0.29) is 55.4 Å². The molecule has 0 radical (unpaired) electrons. The molecule has 10 nitrogen and oxygen atoms in total. The third kappa shape index (κ3) is 11.5. The molecule has 450 valence electrons. The lowest BCUT2D eigenvalue weighted by Crippen LogP contribution is -2.56. The Morgan fingerprint density at radius 1 is 0.279 bits per heavy atom. The van der Waals surface area contributed by atoms with Gasteiger partial charge >= 0.3 is 12.1 Å². The summed E-state index contributed by atoms with van der Waals surface area (Å²) in [6, 6.07) is 42.6. The molecule has 6 aromatic carbocycles. The van der Waals surface area contributed by atoms with Gasteiger partial charge in [-0.3, -0.25) is 10.9 Å². The summed E-state index contributed by atoms with van der Waals surface area (Å²) in [6.07, 6.45) is 0. The zero-order valence-corrected chi connectivity index (χ0v) is 56.0. The topological polar surface area (TPSA) is 95.9 Å². The van der Waals surface area contributed by atoms with Crippen LogP contribution >= 0.6 is 0 Å². The number of amidine groups is 2. The molecular weight excluding hydrogens is 1060 g/mol. The van der Waals surface area contributed by atoms with Crippen LogP contribution in [0.1, 0.15) is 233 Å². The minimum atomic E-state index is -0.327. The normalized spacial score (nSPS) is 16.3. The van der Waals surface area contributed by atoms with Crippen molar-refractivity contribution in [1.29, 1.82) is 0 Å². The van der Waals surface area contributed by atoms with Gasteiger partial charge in [-0.05, 0) is 159 Å². The van der Waals surface area contributed by atoms with Gasteiger partial charge in [-0.2, -0.15) is 10.0 Å². The van der Waals surface area contributed by atoms with Crippen LogP contribution in [0.2, 0.25) is 0 Å². The first-order chi connectivity index (χ1) is 39.5. The maximum absolute atomic E-state index is 15.9. The molecule has 0 atom stereocenters. The Balaban J connectivity index is 1.28. The molecule has 0 spiro atoms. The Morgan fingerprint density at radius 2 is 0.477 bits per heavy atom. The number of nitrogens with zero attached hydrogens (tertiary/aromatic N) is 6. The summed E-state index contributed by atoms with van der Waals surface area (Å²) in [5, 5.41) is 17.7. The summed E-state index contributed by atoms with van der Waals surface area (Å²) in [7, 11) is 0. The molecule has 2 heterocycles. The van der Waals surface area contributed by atoms with Crippen LogP contribution in [0, 0.1) is 0 Å². The van der Waals surface area contributed by atoms with E-state index in [0.717, 1.165) is 89.1 Å². The predicted molar refractivity (Wildman–Crippen MR) is 364 cm³/mol. The van der Waals surface area contributed by atoms with Crippen molar-refractivity contribution in [2.24, 2.45) is 10.2 Å². The van der Waals surface area contributed by atoms with E-state index in [4.69, 9.17) is 10.2 Å². The van der Waals surface area contributed by atoms with Crippen molar-refractivity contribution in [3.8, 4) is 0 Å². The maximum atomic E-state index is 15.9. The Morgan fingerprint density at radius 3 is 0.686 bits per heavy atom. The van der Waals surface area contributed by atoms with Gasteiger partial charge in [0, 0.05) is 22.3 Å². The number of hydrogen-bond acceptors (Lipinski definition) is 6. The number of fused-ring (bicyclic) bond motifs is 5. The number of urea groups is 2. The van der Waals surface area contributed by atoms with E-state index in [2.05, 4.69) is 298 Å². The molecule has 2 N–H and O–H groups in total. The van der Waals surface area contributed by atoms with Gasteiger partial charge in [-0.25, -0.2) is 19.6 Å². The molecule has 4 aliphatic rings. The monoisotopic (exact) mass is 1150 g/mol. The number of amides is 4. The van der Waals surface area contributed by atoms with Gasteiger partial charge in [0.25, 0.3) is 0 Å². The van der Waals surface area contributed by atoms with Crippen molar-refractivity contribution in [3.05, 3.63) is 188 Å². The van der Waals surface area contributed by atoms with Gasteiger partial charge in [0.05, 0.1) is 22.7 Å². The second kappa shape index (κ2) is 20.5. The third-order valence-electron chi connectivity index (χ3n) is 17.3. The molecular formula is C76H94N8O2. The largest absolute Gasteiger partial charge is 0.368 e. The number of hydrogen-bond donors (Lipinski definition) is 2. The molecule has 4 amide bonds. The first-order valence-electron chi connectivity index (χ1n) is 30.8. The molecule has 0 fully saturated rings. The van der Waals surface area contributed by atoms with Crippen molar-refractivity contribution in [2.45, 2.75) is 209 Å². The van der Waals surface area contributed by atoms with Gasteiger partial charge in [0.1, 0.15) is 0 Å². The minimum absolute atomic E-state index is 0.229. The quantitative estimate of drug-likeness (QED) is 0.174. The summed E-state index contributed by atoms with van der Waals surface area (Å²) in [4.78, 5) is 31.8. The van der Waals surface area contributed by atoms with Crippen molar-refractivity contribution in [1.82, 2.24) is 10.9 Å². The molecule has 10 rings (SSSR count). The van der Waals surface area contributed by atoms with Crippen molar-refractivity contribution in [2.75, 3.05) is 20.0 Å². The van der Waals surface area contributed by atoms with E-state index >= 15 is 9.59 Å². The highest BCUT2D eigenvalue weighted by molar-refractivity contribution is 6.51. The number of carbonyl (C=O) groups excluding carboxylic acids is 2. The summed E-state index contributed by atoms with van der Waals surface area (Å²) in [5.41, 5.74) is 24.7. The second-order valence-electron chi connectivity index (χ2n) is 32.6.